The molecule has 0 aromatic heterocycles. The van der Waals surface area contributed by atoms with Crippen LogP contribution in [0.1, 0.15) is 5.56 Å². The van der Waals surface area contributed by atoms with Crippen LogP contribution in [0, 0.1) is 0 Å². The van der Waals surface area contributed by atoms with Gasteiger partial charge in [-0.2, -0.15) is 4.31 Å². The second-order valence-electron chi connectivity index (χ2n) is 7.32. The number of amides is 1. The maximum Gasteiger partial charge on any atom is 0.243 e. The van der Waals surface area contributed by atoms with Crippen molar-refractivity contribution in [2.75, 3.05) is 24.6 Å². The highest BCUT2D eigenvalue weighted by Crippen LogP contribution is 2.32. The molecule has 1 heterocycles. The molecule has 0 N–H and O–H groups in total. The molecule has 6 nitrogen and oxygen atoms in total. The van der Waals surface area contributed by atoms with Gasteiger partial charge < -0.3 is 9.64 Å². The van der Waals surface area contributed by atoms with Crippen molar-refractivity contribution >= 4 is 56.4 Å². The van der Waals surface area contributed by atoms with Gasteiger partial charge in [0, 0.05) is 21.6 Å². The minimum absolute atomic E-state index is 0.0205. The molecule has 1 aliphatic heterocycles. The topological polar surface area (TPSA) is 66.9 Å². The summed E-state index contributed by atoms with van der Waals surface area (Å²) in [5.41, 5.74) is 1.12. The van der Waals surface area contributed by atoms with Gasteiger partial charge in [0.2, 0.25) is 15.9 Å². The fourth-order valence-electron chi connectivity index (χ4n) is 3.49. The van der Waals surface area contributed by atoms with E-state index >= 15 is 0 Å². The van der Waals surface area contributed by atoms with Gasteiger partial charge in [-0.3, -0.25) is 4.79 Å². The Kier molecular flexibility index (Phi) is 7.16. The van der Waals surface area contributed by atoms with Crippen LogP contribution in [0.3, 0.4) is 0 Å². The van der Waals surface area contributed by atoms with E-state index in [1.165, 1.54) is 35.2 Å². The number of benzene rings is 3. The van der Waals surface area contributed by atoms with E-state index in [-0.39, 0.29) is 17.3 Å². The van der Waals surface area contributed by atoms with E-state index in [1.807, 2.05) is 6.07 Å². The lowest BCUT2D eigenvalue weighted by Crippen LogP contribution is -2.45. The number of para-hydroxylation sites is 2. The second-order valence-corrected chi connectivity index (χ2v) is 10.5. The highest BCUT2D eigenvalue weighted by atomic mass is 35.5. The van der Waals surface area contributed by atoms with Gasteiger partial charge in [-0.25, -0.2) is 8.42 Å². The van der Waals surface area contributed by atoms with Gasteiger partial charge in [-0.05, 0) is 54.1 Å². The third kappa shape index (κ3) is 5.28. The summed E-state index contributed by atoms with van der Waals surface area (Å²) in [6, 6.07) is 17.7. The molecule has 0 fully saturated rings. The number of anilines is 1. The monoisotopic (exact) mass is 524 g/mol. The van der Waals surface area contributed by atoms with Crippen molar-refractivity contribution < 1.29 is 17.9 Å². The third-order valence-corrected chi connectivity index (χ3v) is 7.80. The number of fused-ring (bicyclic) bond motifs is 1. The maximum absolute atomic E-state index is 13.5. The molecule has 0 radical (unpaired) electrons. The van der Waals surface area contributed by atoms with Gasteiger partial charge in [-0.1, -0.05) is 53.0 Å². The first-order chi connectivity index (χ1) is 15.8. The van der Waals surface area contributed by atoms with E-state index < -0.39 is 16.6 Å². The number of ether oxygens (including phenoxy) is 1. The fraction of sp³-hybridized carbons (Fsp3) is 0.174. The zero-order valence-corrected chi connectivity index (χ0v) is 20.3. The molecular weight excluding hydrogens is 507 g/mol. The Balaban J connectivity index is 1.68. The molecule has 0 spiro atoms. The Morgan fingerprint density at radius 1 is 0.970 bits per heavy atom. The molecule has 0 saturated heterocycles. The van der Waals surface area contributed by atoms with Gasteiger partial charge in [0.05, 0.1) is 23.7 Å². The smallest absolute Gasteiger partial charge is 0.243 e. The van der Waals surface area contributed by atoms with Crippen LogP contribution in [-0.4, -0.2) is 38.3 Å². The van der Waals surface area contributed by atoms with Crippen molar-refractivity contribution in [3.63, 3.8) is 0 Å². The molecule has 1 aliphatic rings. The van der Waals surface area contributed by atoms with Crippen molar-refractivity contribution in [1.82, 2.24) is 4.31 Å². The summed E-state index contributed by atoms with van der Waals surface area (Å²) in [6.07, 6.45) is 0. The van der Waals surface area contributed by atoms with E-state index in [2.05, 4.69) is 0 Å². The number of hydrogen-bond donors (Lipinski definition) is 0. The summed E-state index contributed by atoms with van der Waals surface area (Å²) >= 11 is 18.2. The molecule has 0 bridgehead atoms. The first-order valence-corrected chi connectivity index (χ1v) is 12.5. The van der Waals surface area contributed by atoms with Gasteiger partial charge in [0.1, 0.15) is 12.4 Å². The molecule has 0 saturated carbocycles. The lowest BCUT2D eigenvalue weighted by Gasteiger charge is -2.31. The van der Waals surface area contributed by atoms with E-state index in [9.17, 15) is 13.2 Å². The van der Waals surface area contributed by atoms with E-state index in [1.54, 1.807) is 30.3 Å². The zero-order chi connectivity index (χ0) is 23.6. The Labute approximate surface area is 207 Å². The van der Waals surface area contributed by atoms with Crippen LogP contribution in [0.15, 0.2) is 71.6 Å². The second kappa shape index (κ2) is 9.91. The van der Waals surface area contributed by atoms with Gasteiger partial charge >= 0.3 is 0 Å². The van der Waals surface area contributed by atoms with Crippen LogP contribution >= 0.6 is 34.8 Å². The molecule has 0 atom stereocenters. The standard InChI is InChI=1S/C23H19Cl3N2O4S/c24-17-7-9-19(10-8-17)33(30,31)27(14-16-5-6-18(25)13-20(16)26)15-23(29)28-11-12-32-22-4-2-1-3-21(22)28/h1-10,13H,11-12,14-15H2. The molecule has 3 aromatic carbocycles. The van der Waals surface area contributed by atoms with E-state index in [0.717, 1.165) is 4.31 Å². The maximum atomic E-state index is 13.5. The summed E-state index contributed by atoms with van der Waals surface area (Å²) in [5, 5.41) is 1.14. The Hall–Kier alpha value is -2.29. The summed E-state index contributed by atoms with van der Waals surface area (Å²) in [5.74, 6) is 0.193. The predicted octanol–water partition coefficient (Wildman–Crippen LogP) is 5.26. The van der Waals surface area contributed by atoms with Crippen molar-refractivity contribution in [3.8, 4) is 5.75 Å². The van der Waals surface area contributed by atoms with E-state index in [4.69, 9.17) is 39.5 Å². The Morgan fingerprint density at radius 3 is 2.39 bits per heavy atom. The molecule has 172 valence electrons. The molecule has 4 rings (SSSR count). The molecular formula is C23H19Cl3N2O4S. The zero-order valence-electron chi connectivity index (χ0n) is 17.2. The largest absolute Gasteiger partial charge is 0.490 e. The normalized spacial score (nSPS) is 13.5. The lowest BCUT2D eigenvalue weighted by atomic mass is 10.2. The van der Waals surface area contributed by atoms with Crippen molar-refractivity contribution in [2.24, 2.45) is 0 Å². The Morgan fingerprint density at radius 2 is 1.67 bits per heavy atom. The first-order valence-electron chi connectivity index (χ1n) is 9.97. The summed E-state index contributed by atoms with van der Waals surface area (Å²) < 4.78 is 33.7. The van der Waals surface area contributed by atoms with Crippen molar-refractivity contribution in [1.29, 1.82) is 0 Å². The molecule has 1 amide bonds. The van der Waals surface area contributed by atoms with Crippen molar-refractivity contribution in [2.45, 2.75) is 11.4 Å². The first kappa shape index (κ1) is 23.9. The van der Waals surface area contributed by atoms with Gasteiger partial charge in [0.25, 0.3) is 0 Å². The number of sulfonamides is 1. The third-order valence-electron chi connectivity index (χ3n) is 5.15. The molecule has 3 aromatic rings. The summed E-state index contributed by atoms with van der Waals surface area (Å²) in [7, 11) is -4.05. The highest BCUT2D eigenvalue weighted by molar-refractivity contribution is 7.89. The molecule has 0 aliphatic carbocycles. The highest BCUT2D eigenvalue weighted by Gasteiger charge is 2.31. The van der Waals surface area contributed by atoms with Crippen LogP contribution < -0.4 is 9.64 Å². The average Bonchev–Trinajstić information content (AvgIpc) is 2.80. The molecule has 33 heavy (non-hydrogen) atoms. The average molecular weight is 526 g/mol. The number of carbonyl (C=O) groups is 1. The van der Waals surface area contributed by atoms with Gasteiger partial charge in [0.15, 0.2) is 0 Å². The lowest BCUT2D eigenvalue weighted by molar-refractivity contribution is -0.119. The summed E-state index contributed by atoms with van der Waals surface area (Å²) in [4.78, 5) is 14.9. The van der Waals surface area contributed by atoms with Gasteiger partial charge in [-0.15, -0.1) is 0 Å². The number of halogens is 3. The SMILES string of the molecule is O=C(CN(Cc1ccc(Cl)cc1Cl)S(=O)(=O)c1ccc(Cl)cc1)N1CCOc2ccccc21. The van der Waals surface area contributed by atoms with Crippen LogP contribution in [0.25, 0.3) is 0 Å². The quantitative estimate of drug-likeness (QED) is 0.440. The minimum atomic E-state index is -4.05. The van der Waals surface area contributed by atoms with E-state index in [0.29, 0.717) is 45.2 Å². The van der Waals surface area contributed by atoms with Crippen molar-refractivity contribution in [3.05, 3.63) is 87.4 Å². The van der Waals surface area contributed by atoms with Crippen LogP contribution in [0.4, 0.5) is 5.69 Å². The molecule has 0 unspecified atom stereocenters. The number of rotatable bonds is 6. The Bertz CT molecular complexity index is 1280. The number of carbonyl (C=O) groups excluding carboxylic acids is 1. The predicted molar refractivity (Wildman–Crippen MR) is 130 cm³/mol. The number of hydrogen-bond acceptors (Lipinski definition) is 4. The summed E-state index contributed by atoms with van der Waals surface area (Å²) in [6.45, 7) is 0.124. The van der Waals surface area contributed by atoms with Crippen LogP contribution in [0.5, 0.6) is 5.75 Å². The number of nitrogens with zero attached hydrogens (tertiary/aromatic N) is 2. The molecule has 10 heteroatoms. The fourth-order valence-corrected chi connectivity index (χ4v) is 5.45. The van der Waals surface area contributed by atoms with Crippen LogP contribution in [-0.2, 0) is 21.4 Å². The van der Waals surface area contributed by atoms with Crippen LogP contribution in [0.2, 0.25) is 15.1 Å². The minimum Gasteiger partial charge on any atom is -0.490 e.